The summed E-state index contributed by atoms with van der Waals surface area (Å²) in [4.78, 5) is 4.35. The van der Waals surface area contributed by atoms with Crippen molar-refractivity contribution in [3.8, 4) is 5.75 Å². The number of halogens is 1. The second kappa shape index (κ2) is 5.83. The summed E-state index contributed by atoms with van der Waals surface area (Å²) in [5, 5.41) is 15.5. The minimum atomic E-state index is -0.356. The van der Waals surface area contributed by atoms with Crippen molar-refractivity contribution < 1.29 is 9.50 Å². The zero-order valence-electron chi connectivity index (χ0n) is 11.4. The maximum absolute atomic E-state index is 14.2. The topological polar surface area (TPSA) is 56.6 Å². The molecule has 2 aromatic carbocycles. The molecule has 4 nitrogen and oxygen atoms in total. The van der Waals surface area contributed by atoms with E-state index in [-0.39, 0.29) is 11.6 Å². The summed E-state index contributed by atoms with van der Waals surface area (Å²) in [6.45, 7) is 1.64. The number of nitrogens with one attached hydrogen (secondary N) is 2. The fourth-order valence-electron chi connectivity index (χ4n) is 2.23. The van der Waals surface area contributed by atoms with Crippen molar-refractivity contribution in [2.24, 2.45) is 4.99 Å². The Labute approximate surface area is 122 Å². The molecule has 2 aromatic rings. The first-order valence-electron chi connectivity index (χ1n) is 6.87. The quantitative estimate of drug-likeness (QED) is 0.812. The summed E-state index contributed by atoms with van der Waals surface area (Å²) < 4.78 is 14.2. The van der Waals surface area contributed by atoms with Gasteiger partial charge < -0.3 is 15.7 Å². The summed E-state index contributed by atoms with van der Waals surface area (Å²) in [6, 6.07) is 11.5. The molecule has 0 aromatic heterocycles. The molecule has 0 unspecified atom stereocenters. The van der Waals surface area contributed by atoms with Gasteiger partial charge >= 0.3 is 0 Å². The average molecular weight is 285 g/mol. The lowest BCUT2D eigenvalue weighted by molar-refractivity contribution is 0.475. The van der Waals surface area contributed by atoms with Crippen molar-refractivity contribution in [3.05, 3.63) is 53.8 Å². The lowest BCUT2D eigenvalue weighted by atomic mass is 10.1. The van der Waals surface area contributed by atoms with Crippen molar-refractivity contribution in [3.63, 3.8) is 0 Å². The van der Waals surface area contributed by atoms with Crippen LogP contribution in [-0.2, 0) is 0 Å². The molecule has 0 aliphatic carbocycles. The van der Waals surface area contributed by atoms with Crippen LogP contribution in [-0.4, -0.2) is 24.0 Å². The van der Waals surface area contributed by atoms with Crippen LogP contribution in [0.15, 0.2) is 47.5 Å². The van der Waals surface area contributed by atoms with Crippen LogP contribution in [0.5, 0.6) is 5.75 Å². The highest BCUT2D eigenvalue weighted by atomic mass is 19.1. The molecule has 0 radical (unpaired) electrons. The Hall–Kier alpha value is -2.56. The Morgan fingerprint density at radius 1 is 1.19 bits per heavy atom. The van der Waals surface area contributed by atoms with E-state index in [0.717, 1.165) is 30.9 Å². The predicted molar refractivity (Wildman–Crippen MR) is 81.8 cm³/mol. The Kier molecular flexibility index (Phi) is 3.73. The van der Waals surface area contributed by atoms with Gasteiger partial charge in [-0.25, -0.2) is 4.39 Å². The molecule has 1 aliphatic rings. The highest BCUT2D eigenvalue weighted by Crippen LogP contribution is 2.23. The standard InChI is InChI=1S/C16H16FN3O/c17-14-9-11(16-18-7-2-8-19-16)5-6-15(14)20-12-3-1-4-13(21)10-12/h1,3-6,9-10,20-21H,2,7-8H2,(H,18,19). The third-order valence-electron chi connectivity index (χ3n) is 3.26. The minimum Gasteiger partial charge on any atom is -0.508 e. The molecule has 21 heavy (non-hydrogen) atoms. The first kappa shape index (κ1) is 13.4. The molecule has 108 valence electrons. The number of aliphatic imine (C=N–C) groups is 1. The zero-order chi connectivity index (χ0) is 14.7. The molecule has 0 spiro atoms. The molecule has 1 heterocycles. The van der Waals surface area contributed by atoms with Gasteiger partial charge in [0.2, 0.25) is 0 Å². The maximum atomic E-state index is 14.2. The fraction of sp³-hybridized carbons (Fsp3) is 0.188. The van der Waals surface area contributed by atoms with Crippen molar-refractivity contribution in [1.29, 1.82) is 0 Å². The van der Waals surface area contributed by atoms with Crippen LogP contribution in [0.4, 0.5) is 15.8 Å². The van der Waals surface area contributed by atoms with Gasteiger partial charge in [-0.15, -0.1) is 0 Å². The monoisotopic (exact) mass is 285 g/mol. The van der Waals surface area contributed by atoms with Crippen LogP contribution in [0.25, 0.3) is 0 Å². The van der Waals surface area contributed by atoms with Crippen LogP contribution in [0.3, 0.4) is 0 Å². The van der Waals surface area contributed by atoms with Gasteiger partial charge in [0.15, 0.2) is 0 Å². The lowest BCUT2D eigenvalue weighted by Gasteiger charge is -2.15. The second-order valence-electron chi connectivity index (χ2n) is 4.88. The fourth-order valence-corrected chi connectivity index (χ4v) is 2.23. The summed E-state index contributed by atoms with van der Waals surface area (Å²) in [6.07, 6.45) is 1.00. The third-order valence-corrected chi connectivity index (χ3v) is 3.26. The van der Waals surface area contributed by atoms with Gasteiger partial charge in [0.25, 0.3) is 0 Å². The maximum Gasteiger partial charge on any atom is 0.147 e. The van der Waals surface area contributed by atoms with Crippen molar-refractivity contribution in [2.75, 3.05) is 18.4 Å². The molecule has 0 amide bonds. The van der Waals surface area contributed by atoms with E-state index in [0.29, 0.717) is 11.4 Å². The van der Waals surface area contributed by atoms with Gasteiger partial charge in [-0.2, -0.15) is 0 Å². The van der Waals surface area contributed by atoms with E-state index < -0.39 is 0 Å². The number of amidine groups is 1. The predicted octanol–water partition coefficient (Wildman–Crippen LogP) is 3.01. The number of phenols is 1. The Morgan fingerprint density at radius 3 is 2.81 bits per heavy atom. The van der Waals surface area contributed by atoms with E-state index in [1.807, 2.05) is 6.07 Å². The molecule has 1 aliphatic heterocycles. The van der Waals surface area contributed by atoms with Crippen LogP contribution in [0.1, 0.15) is 12.0 Å². The number of hydrogen-bond donors (Lipinski definition) is 3. The molecule has 3 rings (SSSR count). The number of nitrogens with zero attached hydrogens (tertiary/aromatic N) is 1. The Balaban J connectivity index is 1.83. The largest absolute Gasteiger partial charge is 0.508 e. The van der Waals surface area contributed by atoms with Gasteiger partial charge in [0.1, 0.15) is 17.4 Å². The molecule has 0 atom stereocenters. The van der Waals surface area contributed by atoms with Gasteiger partial charge in [-0.1, -0.05) is 6.07 Å². The van der Waals surface area contributed by atoms with Crippen LogP contribution in [0, 0.1) is 5.82 Å². The van der Waals surface area contributed by atoms with Gasteiger partial charge in [0.05, 0.1) is 5.69 Å². The summed E-state index contributed by atoms with van der Waals surface area (Å²) >= 11 is 0. The van der Waals surface area contributed by atoms with E-state index in [1.165, 1.54) is 6.07 Å². The van der Waals surface area contributed by atoms with E-state index in [4.69, 9.17) is 0 Å². The highest BCUT2D eigenvalue weighted by Gasteiger charge is 2.10. The second-order valence-corrected chi connectivity index (χ2v) is 4.88. The van der Waals surface area contributed by atoms with E-state index in [1.54, 1.807) is 30.3 Å². The highest BCUT2D eigenvalue weighted by molar-refractivity contribution is 5.99. The molecule has 0 bridgehead atoms. The summed E-state index contributed by atoms with van der Waals surface area (Å²) in [5.41, 5.74) is 1.74. The van der Waals surface area contributed by atoms with Crippen molar-refractivity contribution in [2.45, 2.75) is 6.42 Å². The third kappa shape index (κ3) is 3.13. The molecule has 0 saturated heterocycles. The number of anilines is 2. The molecule has 5 heteroatoms. The van der Waals surface area contributed by atoms with Crippen molar-refractivity contribution in [1.82, 2.24) is 5.32 Å². The van der Waals surface area contributed by atoms with Crippen LogP contribution < -0.4 is 10.6 Å². The van der Waals surface area contributed by atoms with Crippen LogP contribution >= 0.6 is 0 Å². The molecular weight excluding hydrogens is 269 g/mol. The van der Waals surface area contributed by atoms with E-state index in [2.05, 4.69) is 15.6 Å². The molecular formula is C16H16FN3O. The first-order valence-corrected chi connectivity index (χ1v) is 6.87. The number of rotatable bonds is 3. The average Bonchev–Trinajstić information content (AvgIpc) is 2.50. The van der Waals surface area contributed by atoms with Gasteiger partial charge in [0, 0.05) is 30.4 Å². The minimum absolute atomic E-state index is 0.137. The number of phenolic OH excluding ortho intramolecular Hbond substituents is 1. The lowest BCUT2D eigenvalue weighted by Crippen LogP contribution is -2.30. The summed E-state index contributed by atoms with van der Waals surface area (Å²) in [5.74, 6) is 0.521. The number of hydrogen-bond acceptors (Lipinski definition) is 4. The van der Waals surface area contributed by atoms with Gasteiger partial charge in [-0.05, 0) is 36.8 Å². The van der Waals surface area contributed by atoms with Gasteiger partial charge in [-0.3, -0.25) is 4.99 Å². The summed E-state index contributed by atoms with van der Waals surface area (Å²) in [7, 11) is 0. The number of benzene rings is 2. The number of aromatic hydroxyl groups is 1. The molecule has 0 fully saturated rings. The van der Waals surface area contributed by atoms with E-state index in [9.17, 15) is 9.50 Å². The zero-order valence-corrected chi connectivity index (χ0v) is 11.4. The van der Waals surface area contributed by atoms with Crippen LogP contribution in [0.2, 0.25) is 0 Å². The van der Waals surface area contributed by atoms with Crippen molar-refractivity contribution >= 4 is 17.2 Å². The molecule has 3 N–H and O–H groups in total. The first-order chi connectivity index (χ1) is 10.2. The smallest absolute Gasteiger partial charge is 0.147 e. The Bertz CT molecular complexity index is 685. The normalized spacial score (nSPS) is 14.2. The van der Waals surface area contributed by atoms with E-state index >= 15 is 0 Å². The molecule has 0 saturated carbocycles. The Morgan fingerprint density at radius 2 is 2.10 bits per heavy atom. The SMILES string of the molecule is Oc1cccc(Nc2ccc(C3=NCCCN3)cc2F)c1.